The average molecular weight is 328 g/mol. The van der Waals surface area contributed by atoms with Gasteiger partial charge in [0.1, 0.15) is 12.0 Å². The lowest BCUT2D eigenvalue weighted by Crippen LogP contribution is -2.10. The van der Waals surface area contributed by atoms with Gasteiger partial charge in [-0.1, -0.05) is 37.3 Å². The molecule has 6 nitrogen and oxygen atoms in total. The minimum absolute atomic E-state index is 0.510. The topological polar surface area (TPSA) is 88.8 Å². The summed E-state index contributed by atoms with van der Waals surface area (Å²) in [5, 5.41) is 7.22. The average Bonchev–Trinajstić information content (AvgIpc) is 2.93. The highest BCUT2D eigenvalue weighted by molar-refractivity contribution is 7.22. The van der Waals surface area contributed by atoms with E-state index in [-0.39, 0.29) is 0 Å². The zero-order valence-electron chi connectivity index (χ0n) is 13.2. The zero-order valence-corrected chi connectivity index (χ0v) is 14.0. The first kappa shape index (κ1) is 15.5. The highest BCUT2D eigenvalue weighted by Crippen LogP contribution is 2.30. The van der Waals surface area contributed by atoms with E-state index >= 15 is 0 Å². The molecule has 0 aliphatic carbocycles. The van der Waals surface area contributed by atoms with Gasteiger partial charge in [0.05, 0.1) is 10.2 Å². The second-order valence-corrected chi connectivity index (χ2v) is 6.74. The lowest BCUT2D eigenvalue weighted by Gasteiger charge is -2.12. The number of thiazole rings is 1. The van der Waals surface area contributed by atoms with Crippen molar-refractivity contribution in [2.45, 2.75) is 20.3 Å². The van der Waals surface area contributed by atoms with E-state index in [9.17, 15) is 0 Å². The molecular weight excluding hydrogens is 308 g/mol. The van der Waals surface area contributed by atoms with Crippen LogP contribution in [0.3, 0.4) is 0 Å². The van der Waals surface area contributed by atoms with Crippen LogP contribution >= 0.6 is 11.3 Å². The van der Waals surface area contributed by atoms with Gasteiger partial charge in [-0.05, 0) is 24.5 Å². The van der Waals surface area contributed by atoms with E-state index in [0.29, 0.717) is 23.2 Å². The summed E-state index contributed by atoms with van der Waals surface area (Å²) in [5.41, 5.74) is 7.64. The van der Waals surface area contributed by atoms with Crippen LogP contribution in [0.25, 0.3) is 10.2 Å². The van der Waals surface area contributed by atoms with Gasteiger partial charge < -0.3 is 16.4 Å². The molecule has 0 aliphatic heterocycles. The molecule has 3 rings (SSSR count). The largest absolute Gasteiger partial charge is 0.393 e. The number of fused-ring (bicyclic) bond motifs is 1. The minimum Gasteiger partial charge on any atom is -0.393 e. The van der Waals surface area contributed by atoms with Crippen LogP contribution in [-0.2, 0) is 0 Å². The van der Waals surface area contributed by atoms with Crippen molar-refractivity contribution in [2.75, 3.05) is 22.9 Å². The second-order valence-electron chi connectivity index (χ2n) is 5.71. The van der Waals surface area contributed by atoms with E-state index in [2.05, 4.69) is 39.4 Å². The Morgan fingerprint density at radius 3 is 2.74 bits per heavy atom. The second kappa shape index (κ2) is 6.78. The highest BCUT2D eigenvalue weighted by Gasteiger charge is 2.10. The van der Waals surface area contributed by atoms with Crippen molar-refractivity contribution >= 4 is 44.0 Å². The Bertz CT molecular complexity index is 765. The molecule has 0 fully saturated rings. The van der Waals surface area contributed by atoms with Crippen molar-refractivity contribution in [1.82, 2.24) is 15.0 Å². The molecule has 2 heterocycles. The van der Waals surface area contributed by atoms with E-state index in [1.165, 1.54) is 6.33 Å². The summed E-state index contributed by atoms with van der Waals surface area (Å²) in [5.74, 6) is 1.86. The van der Waals surface area contributed by atoms with Crippen LogP contribution in [0.4, 0.5) is 22.5 Å². The SMILES string of the molecule is CC(C)CCNc1ncnc(Nc2nc3ccccc3s2)c1N. The predicted molar refractivity (Wildman–Crippen MR) is 97.3 cm³/mol. The molecule has 0 unspecified atom stereocenters. The normalized spacial score (nSPS) is 11.1. The number of anilines is 4. The van der Waals surface area contributed by atoms with Crippen molar-refractivity contribution in [3.8, 4) is 0 Å². The summed E-state index contributed by atoms with van der Waals surface area (Å²) in [6, 6.07) is 8.00. The lowest BCUT2D eigenvalue weighted by molar-refractivity contribution is 0.606. The van der Waals surface area contributed by atoms with E-state index < -0.39 is 0 Å². The molecule has 3 aromatic rings. The minimum atomic E-state index is 0.510. The third kappa shape index (κ3) is 3.68. The fourth-order valence-corrected chi connectivity index (χ4v) is 3.01. The first-order chi connectivity index (χ1) is 11.1. The molecule has 4 N–H and O–H groups in total. The Morgan fingerprint density at radius 2 is 1.96 bits per heavy atom. The number of hydrogen-bond donors (Lipinski definition) is 3. The third-order valence-corrected chi connectivity index (χ3v) is 4.37. The summed E-state index contributed by atoms with van der Waals surface area (Å²) in [6.07, 6.45) is 2.56. The van der Waals surface area contributed by atoms with Gasteiger partial charge >= 0.3 is 0 Å². The van der Waals surface area contributed by atoms with Gasteiger partial charge in [-0.15, -0.1) is 0 Å². The van der Waals surface area contributed by atoms with Gasteiger partial charge in [0.25, 0.3) is 0 Å². The zero-order chi connectivity index (χ0) is 16.2. The molecule has 23 heavy (non-hydrogen) atoms. The van der Waals surface area contributed by atoms with Crippen LogP contribution in [0.5, 0.6) is 0 Å². The van der Waals surface area contributed by atoms with Gasteiger partial charge in [0.2, 0.25) is 0 Å². The monoisotopic (exact) mass is 328 g/mol. The molecule has 120 valence electrons. The molecule has 0 aliphatic rings. The van der Waals surface area contributed by atoms with Gasteiger partial charge in [-0.3, -0.25) is 0 Å². The maximum absolute atomic E-state index is 6.17. The molecule has 0 atom stereocenters. The number of nitrogens with two attached hydrogens (primary N) is 1. The smallest absolute Gasteiger partial charge is 0.189 e. The number of para-hydroxylation sites is 1. The number of aromatic nitrogens is 3. The van der Waals surface area contributed by atoms with Gasteiger partial charge in [0.15, 0.2) is 16.8 Å². The van der Waals surface area contributed by atoms with Crippen LogP contribution in [0.1, 0.15) is 20.3 Å². The van der Waals surface area contributed by atoms with Gasteiger partial charge in [0, 0.05) is 6.54 Å². The summed E-state index contributed by atoms with van der Waals surface area (Å²) in [7, 11) is 0. The van der Waals surface area contributed by atoms with Crippen LogP contribution in [-0.4, -0.2) is 21.5 Å². The van der Waals surface area contributed by atoms with Crippen molar-refractivity contribution in [2.24, 2.45) is 5.92 Å². The molecular formula is C16H20N6S. The highest BCUT2D eigenvalue weighted by atomic mass is 32.1. The van der Waals surface area contributed by atoms with Crippen LogP contribution in [0.2, 0.25) is 0 Å². The lowest BCUT2D eigenvalue weighted by atomic mass is 10.1. The molecule has 0 saturated carbocycles. The number of nitrogen functional groups attached to an aromatic ring is 1. The summed E-state index contributed by atoms with van der Waals surface area (Å²) >= 11 is 1.57. The molecule has 2 aromatic heterocycles. The number of hydrogen-bond acceptors (Lipinski definition) is 7. The number of rotatable bonds is 6. The Kier molecular flexibility index (Phi) is 4.57. The number of nitrogens with zero attached hydrogens (tertiary/aromatic N) is 3. The van der Waals surface area contributed by atoms with Crippen LogP contribution in [0, 0.1) is 5.92 Å². The molecule has 0 spiro atoms. The number of benzene rings is 1. The first-order valence-corrected chi connectivity index (χ1v) is 8.42. The van der Waals surface area contributed by atoms with Crippen LogP contribution in [0.15, 0.2) is 30.6 Å². The third-order valence-electron chi connectivity index (χ3n) is 3.42. The van der Waals surface area contributed by atoms with Crippen LogP contribution < -0.4 is 16.4 Å². The van der Waals surface area contributed by atoms with Crippen molar-refractivity contribution in [1.29, 1.82) is 0 Å². The molecule has 7 heteroatoms. The van der Waals surface area contributed by atoms with Gasteiger partial charge in [-0.2, -0.15) is 0 Å². The standard InChI is InChI=1S/C16H20N6S/c1-10(2)7-8-18-14-13(17)15(20-9-19-14)22-16-21-11-5-3-4-6-12(11)23-16/h3-6,9-10H,7-8,17H2,1-2H3,(H2,18,19,20,21,22). The Labute approximate surface area is 139 Å². The van der Waals surface area contributed by atoms with E-state index in [0.717, 1.165) is 28.3 Å². The van der Waals surface area contributed by atoms with E-state index in [1.807, 2.05) is 24.3 Å². The molecule has 1 aromatic carbocycles. The summed E-state index contributed by atoms with van der Waals surface area (Å²) < 4.78 is 1.12. The van der Waals surface area contributed by atoms with E-state index in [1.54, 1.807) is 11.3 Å². The fourth-order valence-electron chi connectivity index (χ4n) is 2.14. The number of nitrogens with one attached hydrogen (secondary N) is 2. The molecule has 0 radical (unpaired) electrons. The summed E-state index contributed by atoms with van der Waals surface area (Å²) in [4.78, 5) is 13.0. The van der Waals surface area contributed by atoms with E-state index in [4.69, 9.17) is 5.73 Å². The first-order valence-electron chi connectivity index (χ1n) is 7.60. The van der Waals surface area contributed by atoms with Crippen molar-refractivity contribution < 1.29 is 0 Å². The summed E-state index contributed by atoms with van der Waals surface area (Å²) in [6.45, 7) is 5.20. The molecule has 0 amide bonds. The molecule has 0 bridgehead atoms. The van der Waals surface area contributed by atoms with Crippen molar-refractivity contribution in [3.63, 3.8) is 0 Å². The Morgan fingerprint density at radius 1 is 1.17 bits per heavy atom. The van der Waals surface area contributed by atoms with Gasteiger partial charge in [-0.25, -0.2) is 15.0 Å². The molecule has 0 saturated heterocycles. The maximum Gasteiger partial charge on any atom is 0.189 e. The fraction of sp³-hybridized carbons (Fsp3) is 0.312. The Balaban J connectivity index is 1.77. The Hall–Kier alpha value is -2.41. The van der Waals surface area contributed by atoms with Crippen molar-refractivity contribution in [3.05, 3.63) is 30.6 Å². The predicted octanol–water partition coefficient (Wildman–Crippen LogP) is 3.87. The maximum atomic E-state index is 6.17. The quantitative estimate of drug-likeness (QED) is 0.636.